The smallest absolute Gasteiger partial charge is 0.330 e. The quantitative estimate of drug-likeness (QED) is 0.0185. The average molecular weight is 1550 g/mol. The van der Waals surface area contributed by atoms with Gasteiger partial charge in [-0.1, -0.05) is 23.3 Å². The third-order valence-electron chi connectivity index (χ3n) is 17.8. The summed E-state index contributed by atoms with van der Waals surface area (Å²) in [4.78, 5) is 91.7. The first kappa shape index (κ1) is 88.9. The van der Waals surface area contributed by atoms with E-state index in [0.717, 1.165) is 29.2 Å². The Labute approximate surface area is 607 Å². The normalized spacial score (nSPS) is 26.4. The number of nitrogens with zero attached hydrogens (tertiary/aromatic N) is 5. The number of aliphatic hydroxyl groups is 7. The highest BCUT2D eigenvalue weighted by molar-refractivity contribution is 7.73. The summed E-state index contributed by atoms with van der Waals surface area (Å²) in [5.74, 6) is 0. The predicted molar refractivity (Wildman–Crippen MR) is 421 cm³/mol. The number of aryl methyl sites for hydroxylation is 2. The van der Waals surface area contributed by atoms with Gasteiger partial charge in [0.05, 0.1) is 35.5 Å². The Kier molecular flexibility index (Phi) is 33.1. The van der Waals surface area contributed by atoms with Crippen LogP contribution in [0, 0.1) is 4.77 Å². The van der Waals surface area contributed by atoms with E-state index in [0.29, 0.717) is 69.5 Å². The van der Waals surface area contributed by atoms with E-state index in [1.165, 1.54) is 69.2 Å². The fourth-order valence-corrected chi connectivity index (χ4v) is 15.7. The molecule has 0 aromatic carbocycles. The second-order valence-corrected chi connectivity index (χ2v) is 47.8. The molecule has 582 valence electrons. The van der Waals surface area contributed by atoms with Gasteiger partial charge in [-0.15, -0.1) is 52.7 Å². The number of H-pyrrole nitrogens is 3. The molecule has 0 bridgehead atoms. The molecule has 0 spiro atoms. The van der Waals surface area contributed by atoms with Gasteiger partial charge in [-0.3, -0.25) is 47.8 Å². The number of allylic oxidation sites excluding steroid dienone is 2. The minimum absolute atomic E-state index is 0.153. The highest BCUT2D eigenvalue weighted by atomic mass is 32.1. The monoisotopic (exact) mass is 1540 g/mol. The number of aliphatic hydroxyl groups excluding tert-OH is 7. The average Bonchev–Trinajstić information content (AvgIpc) is 1.71. The van der Waals surface area contributed by atoms with Gasteiger partial charge in [0.2, 0.25) is 0 Å². The van der Waals surface area contributed by atoms with Crippen molar-refractivity contribution >= 4 is 65.0 Å². The number of hydrogen-bond donors (Lipinski definition) is 12. The Morgan fingerprint density at radius 2 is 0.932 bits per heavy atom. The lowest BCUT2D eigenvalue weighted by Crippen LogP contribution is -2.40. The van der Waals surface area contributed by atoms with E-state index in [2.05, 4.69) is 104 Å². The fraction of sp³-hybridized carbons (Fsp3) is 0.652. The Hall–Kier alpha value is -4.74. The van der Waals surface area contributed by atoms with Gasteiger partial charge in [-0.2, -0.15) is 0 Å². The zero-order valence-corrected chi connectivity index (χ0v) is 67.1. The molecule has 0 amide bonds. The van der Waals surface area contributed by atoms with E-state index in [4.69, 9.17) is 35.9 Å². The molecule has 4 aromatic heterocycles. The van der Waals surface area contributed by atoms with E-state index in [9.17, 15) is 69.3 Å². The van der Waals surface area contributed by atoms with Crippen molar-refractivity contribution in [3.63, 3.8) is 0 Å². The van der Waals surface area contributed by atoms with Crippen molar-refractivity contribution in [2.24, 2.45) is 14.1 Å². The molecule has 8 heterocycles. The number of methoxy groups -OCH3 is 1. The van der Waals surface area contributed by atoms with Crippen molar-refractivity contribution in [2.45, 2.75) is 178 Å². The highest BCUT2D eigenvalue weighted by Gasteiger charge is 2.48. The van der Waals surface area contributed by atoms with Crippen molar-refractivity contribution in [1.82, 2.24) is 48.4 Å². The van der Waals surface area contributed by atoms with Crippen molar-refractivity contribution in [1.29, 1.82) is 0 Å². The molecule has 4 aliphatic heterocycles. The molecule has 0 saturated carbocycles. The molecule has 4 saturated heterocycles. The van der Waals surface area contributed by atoms with Gasteiger partial charge < -0.3 is 79.2 Å². The lowest BCUT2D eigenvalue weighted by Gasteiger charge is -2.21. The van der Waals surface area contributed by atoms with Gasteiger partial charge in [0.1, 0.15) is 61.0 Å². The van der Waals surface area contributed by atoms with Crippen LogP contribution in [-0.4, -0.2) is 270 Å². The van der Waals surface area contributed by atoms with E-state index in [1.807, 2.05) is 39.8 Å². The number of ether oxygens (including phenoxy) is 5. The molecule has 4 fully saturated rings. The summed E-state index contributed by atoms with van der Waals surface area (Å²) < 4.78 is 35.4. The van der Waals surface area contributed by atoms with Crippen LogP contribution in [0.5, 0.6) is 0 Å². The minimum Gasteiger partial charge on any atom is -0.388 e. The number of aromatic amines is 3. The fourth-order valence-electron chi connectivity index (χ4n) is 11.7. The van der Waals surface area contributed by atoms with Crippen molar-refractivity contribution < 1.29 is 59.4 Å². The van der Waals surface area contributed by atoms with Gasteiger partial charge in [0.15, 0.2) is 17.2 Å². The van der Waals surface area contributed by atoms with Gasteiger partial charge in [-0.05, 0) is 150 Å². The first-order chi connectivity index (χ1) is 47.7. The maximum Gasteiger partial charge on any atom is 0.330 e. The molecule has 29 nitrogen and oxygen atoms in total. The number of hydrogen-bond acceptors (Lipinski definition) is 22. The molecular formula is C69H116N10O19P4S. The van der Waals surface area contributed by atoms with Crippen LogP contribution < -0.4 is 49.9 Å². The predicted octanol–water partition coefficient (Wildman–Crippen LogP) is 1.81. The van der Waals surface area contributed by atoms with E-state index < -0.39 is 159 Å². The van der Waals surface area contributed by atoms with Crippen LogP contribution in [0.25, 0.3) is 0 Å². The van der Waals surface area contributed by atoms with E-state index in [-0.39, 0.29) is 21.5 Å². The topological polar surface area (TPSA) is 403 Å². The Morgan fingerprint density at radius 1 is 0.534 bits per heavy atom. The van der Waals surface area contributed by atoms with E-state index >= 15 is 0 Å². The van der Waals surface area contributed by atoms with Crippen LogP contribution in [0.1, 0.15) is 107 Å². The first-order valence-corrected chi connectivity index (χ1v) is 46.9. The molecule has 12 N–H and O–H groups in total. The maximum absolute atomic E-state index is 12.4. The molecule has 103 heavy (non-hydrogen) atoms. The van der Waals surface area contributed by atoms with Crippen LogP contribution >= 0.6 is 39.8 Å². The summed E-state index contributed by atoms with van der Waals surface area (Å²) in [6.07, 6.45) is 18.4. The lowest BCUT2D eigenvalue weighted by molar-refractivity contribution is -0.0542. The minimum atomic E-state index is -1.27. The molecule has 4 aliphatic rings. The Balaban J connectivity index is 0.000000248. The van der Waals surface area contributed by atoms with Crippen molar-refractivity contribution in [3.8, 4) is 0 Å². The molecule has 0 aliphatic carbocycles. The van der Waals surface area contributed by atoms with Gasteiger partial charge in [-0.25, -0.2) is 14.4 Å². The summed E-state index contributed by atoms with van der Waals surface area (Å²) in [5, 5.41) is 78.8. The SMILES string of the molecule is C=P(C)(C)CC[C@H]1OC(c2cn(C)c(=O)n(C)c2=O)[C@H](O)[C@@H]1O.C=P(C)(C)CC[C@H]1O[C@@H](c2cn(CC)c(=O)[nH]c2=O)[C@H](O)[C@@H]1O.C=P(C)(C)CC[C@H]1O[C@@H](n2cc(CNCC=C(C)C)c(=O)[nH]c2=O)[C@H](OC)[C@@H]1O.C=P(C)(C)CC[C@H]1O[C@@H](n2cc(CNCC=C(C)C)c(=O)[nH]c2=S)[C@H](O)[C@@H]1O. The van der Waals surface area contributed by atoms with Crippen molar-refractivity contribution in [3.05, 3.63) is 148 Å². The van der Waals surface area contributed by atoms with Crippen molar-refractivity contribution in [2.75, 3.05) is 98.2 Å². The van der Waals surface area contributed by atoms with Gasteiger partial charge >= 0.3 is 17.1 Å². The second kappa shape index (κ2) is 38.4. The molecule has 0 radical (unpaired) electrons. The Bertz CT molecular complexity index is 4300. The molecule has 8 rings (SSSR count). The molecule has 4 aromatic rings. The number of nitrogens with one attached hydrogen (secondary N) is 5. The largest absolute Gasteiger partial charge is 0.388 e. The summed E-state index contributed by atoms with van der Waals surface area (Å²) in [7, 11) is 4.37. The standard InChI is InChI=1S/C20H34N3O5P.C19H32N3O4PS.2C15H25N2O5P/c1-13(2)7-9-21-11-14-12-23(20(26)22-18(14)25)19-17(27-3)16(24)15(28-19)8-10-29(4,5)6;1-12(2)6-8-20-10-13-11-22(19(28)21-17(13)25)18-16(24)15(23)14(26-18)7-9-27(3,4)5;1-16-8-9(14(20)17(2)15(16)21)13-12(19)11(18)10(22-13)6-7-23(3,4)5;1-5-17-8-9(14(20)16-15(17)21)13-12(19)11(18)10(22-13)6-7-23(2,3)4/h7,12,15-17,19,21,24H,4,8-11H2,1-3,5-6H3,(H,22,25,26);6,11,14-16,18,20,23-24H,3,7-10H2,1-2,4-5H3,(H,21,25,28);8,10-13,18-19H,3,6-7H2,1-2,4-5H3;8,10-13,18-19H,2,5-7H2,1,3-4H3,(H,16,20,21)/t15-,16-,17-,19-;14-,15-,16-,18-;10-,11-,12-,13?;10-,11-,12-,13+/m1111/s1. The lowest BCUT2D eigenvalue weighted by atomic mass is 10.0. The highest BCUT2D eigenvalue weighted by Crippen LogP contribution is 2.44. The van der Waals surface area contributed by atoms with Gasteiger partial charge in [0.25, 0.3) is 22.2 Å². The van der Waals surface area contributed by atoms with Gasteiger partial charge in [0, 0.05) is 89.8 Å². The summed E-state index contributed by atoms with van der Waals surface area (Å²) in [6.45, 7) is 23.8. The summed E-state index contributed by atoms with van der Waals surface area (Å²) in [6, 6.07) is 0. The summed E-state index contributed by atoms with van der Waals surface area (Å²) >= 11 is 5.26. The molecule has 34 heteroatoms. The van der Waals surface area contributed by atoms with Crippen LogP contribution in [-0.2, 0) is 57.4 Å². The van der Waals surface area contributed by atoms with Crippen LogP contribution in [0.15, 0.2) is 81.6 Å². The molecular weight excluding hydrogens is 1430 g/mol. The number of aromatic nitrogens is 8. The summed E-state index contributed by atoms with van der Waals surface area (Å²) in [5.41, 5.74) is 0.201. The van der Waals surface area contributed by atoms with E-state index in [1.54, 1.807) is 13.1 Å². The molecule has 1 unspecified atom stereocenters. The first-order valence-electron chi connectivity index (χ1n) is 34.3. The second-order valence-electron chi connectivity index (χ2n) is 30.2. The van der Waals surface area contributed by atoms with Crippen LogP contribution in [0.2, 0.25) is 0 Å². The third-order valence-corrected chi connectivity index (χ3v) is 23.9. The maximum atomic E-state index is 12.4. The van der Waals surface area contributed by atoms with Crippen LogP contribution in [0.3, 0.4) is 0 Å². The third kappa shape index (κ3) is 25.7. The zero-order valence-electron chi connectivity index (χ0n) is 62.7. The number of rotatable bonds is 26. The van der Waals surface area contributed by atoms with Crippen LogP contribution in [0.4, 0.5) is 0 Å². The zero-order chi connectivity index (χ0) is 77.7. The Morgan fingerprint density at radius 3 is 1.37 bits per heavy atom. The molecule has 16 atom stereocenters.